The van der Waals surface area contributed by atoms with Crippen LogP contribution in [0.1, 0.15) is 24.4 Å². The Balaban J connectivity index is 1.22. The van der Waals surface area contributed by atoms with Gasteiger partial charge in [-0.2, -0.15) is 4.98 Å². The fraction of sp³-hybridized carbons (Fsp3) is 0.182. The Bertz CT molecular complexity index is 1140. The fourth-order valence-electron chi connectivity index (χ4n) is 3.11. The number of ether oxygens (including phenoxy) is 3. The zero-order valence-corrected chi connectivity index (χ0v) is 17.0. The second kappa shape index (κ2) is 8.08. The van der Waals surface area contributed by atoms with E-state index in [1.165, 1.54) is 0 Å². The molecule has 1 aliphatic heterocycles. The number of hydrogen-bond acceptors (Lipinski definition) is 8. The lowest BCUT2D eigenvalue weighted by Crippen LogP contribution is -2.07. The molecular formula is C22H19N3O4S. The molecule has 1 aliphatic rings. The highest BCUT2D eigenvalue weighted by atomic mass is 32.1. The number of hydrogen-bond donors (Lipinski definition) is 1. The second-order valence-electron chi connectivity index (χ2n) is 6.80. The minimum atomic E-state index is -0.128. The van der Waals surface area contributed by atoms with Gasteiger partial charge in [0.05, 0.1) is 4.88 Å². The van der Waals surface area contributed by atoms with Crippen LogP contribution in [0, 0.1) is 0 Å². The quantitative estimate of drug-likeness (QED) is 0.435. The number of nitrogens with one attached hydrogen (secondary N) is 1. The third-order valence-electron chi connectivity index (χ3n) is 4.61. The first-order chi connectivity index (χ1) is 14.7. The van der Waals surface area contributed by atoms with Crippen LogP contribution < -0.4 is 19.5 Å². The van der Waals surface area contributed by atoms with E-state index >= 15 is 0 Å². The molecule has 0 amide bonds. The Labute approximate surface area is 177 Å². The molecule has 1 N–H and O–H groups in total. The van der Waals surface area contributed by atoms with E-state index in [1.54, 1.807) is 11.3 Å². The van der Waals surface area contributed by atoms with Gasteiger partial charge in [-0.05, 0) is 48.2 Å². The van der Waals surface area contributed by atoms with Crippen molar-refractivity contribution in [3.8, 4) is 28.0 Å². The number of rotatable bonds is 7. The number of thiophene rings is 1. The van der Waals surface area contributed by atoms with Crippen molar-refractivity contribution in [1.82, 2.24) is 10.1 Å². The lowest BCUT2D eigenvalue weighted by Gasteiger charge is -2.13. The minimum Gasteiger partial charge on any atom is -0.489 e. The van der Waals surface area contributed by atoms with E-state index in [2.05, 4.69) is 15.5 Å². The predicted molar refractivity (Wildman–Crippen MR) is 113 cm³/mol. The van der Waals surface area contributed by atoms with E-state index in [9.17, 15) is 0 Å². The molecule has 1 unspecified atom stereocenters. The van der Waals surface area contributed by atoms with Crippen molar-refractivity contribution < 1.29 is 18.7 Å². The van der Waals surface area contributed by atoms with Crippen LogP contribution in [-0.4, -0.2) is 16.9 Å². The molecule has 2 aromatic carbocycles. The van der Waals surface area contributed by atoms with Gasteiger partial charge in [-0.15, -0.1) is 11.3 Å². The van der Waals surface area contributed by atoms with Crippen molar-refractivity contribution in [3.63, 3.8) is 0 Å². The second-order valence-corrected chi connectivity index (χ2v) is 7.75. The van der Waals surface area contributed by atoms with Gasteiger partial charge < -0.3 is 24.1 Å². The van der Waals surface area contributed by atoms with Crippen LogP contribution in [0.4, 0.5) is 5.69 Å². The summed E-state index contributed by atoms with van der Waals surface area (Å²) < 4.78 is 22.0. The maximum absolute atomic E-state index is 5.90. The summed E-state index contributed by atoms with van der Waals surface area (Å²) in [6.07, 6.45) is 0. The average Bonchev–Trinajstić information content (AvgIpc) is 3.53. The van der Waals surface area contributed by atoms with Crippen molar-refractivity contribution >= 4 is 17.0 Å². The summed E-state index contributed by atoms with van der Waals surface area (Å²) in [6, 6.07) is 17.4. The van der Waals surface area contributed by atoms with Crippen LogP contribution in [0.2, 0.25) is 0 Å². The number of benzene rings is 2. The fourth-order valence-corrected chi connectivity index (χ4v) is 3.76. The van der Waals surface area contributed by atoms with Gasteiger partial charge in [0, 0.05) is 11.8 Å². The lowest BCUT2D eigenvalue weighted by molar-refractivity contribution is 0.173. The van der Waals surface area contributed by atoms with E-state index in [4.69, 9.17) is 18.7 Å². The summed E-state index contributed by atoms with van der Waals surface area (Å²) in [6.45, 7) is 2.67. The van der Waals surface area contributed by atoms with E-state index < -0.39 is 0 Å². The molecule has 0 aliphatic carbocycles. The first kappa shape index (κ1) is 18.5. The highest BCUT2D eigenvalue weighted by Crippen LogP contribution is 2.35. The summed E-state index contributed by atoms with van der Waals surface area (Å²) >= 11 is 1.58. The Morgan fingerprint density at radius 3 is 2.93 bits per heavy atom. The molecule has 0 radical (unpaired) electrons. The van der Waals surface area contributed by atoms with E-state index in [0.717, 1.165) is 27.6 Å². The topological polar surface area (TPSA) is 78.6 Å². The number of fused-ring (bicyclic) bond motifs is 1. The number of aromatic nitrogens is 2. The molecule has 1 atom stereocenters. The molecule has 8 heteroatoms. The summed E-state index contributed by atoms with van der Waals surface area (Å²) in [4.78, 5) is 5.49. The Morgan fingerprint density at radius 1 is 1.10 bits per heavy atom. The van der Waals surface area contributed by atoms with E-state index in [-0.39, 0.29) is 12.8 Å². The summed E-state index contributed by atoms with van der Waals surface area (Å²) in [5.74, 6) is 3.34. The molecule has 0 saturated heterocycles. The SMILES string of the molecule is CC(Nc1cccc(COc2ccc3c(c2)OCO3)c1)c1nc(-c2cccs2)no1. The molecule has 7 nitrogen and oxygen atoms in total. The molecular weight excluding hydrogens is 402 g/mol. The van der Waals surface area contributed by atoms with Crippen LogP contribution in [0.15, 0.2) is 64.5 Å². The molecule has 4 aromatic rings. The Morgan fingerprint density at radius 2 is 2.03 bits per heavy atom. The van der Waals surface area contributed by atoms with Crippen molar-refractivity contribution in [3.05, 3.63) is 71.4 Å². The minimum absolute atomic E-state index is 0.128. The molecule has 0 bridgehead atoms. The Kier molecular flexibility index (Phi) is 4.98. The van der Waals surface area contributed by atoms with Crippen molar-refractivity contribution in [2.24, 2.45) is 0 Å². The predicted octanol–water partition coefficient (Wildman–Crippen LogP) is 5.28. The standard InChI is InChI=1S/C22H19N3O4S/c1-14(22-24-21(25-29-22)20-6-3-9-30-20)23-16-5-2-4-15(10-16)12-26-17-7-8-18-19(11-17)28-13-27-18/h2-11,14,23H,12-13H2,1H3. The third-order valence-corrected chi connectivity index (χ3v) is 5.48. The maximum Gasteiger partial charge on any atom is 0.249 e. The maximum atomic E-state index is 5.90. The molecule has 3 heterocycles. The van der Waals surface area contributed by atoms with Gasteiger partial charge >= 0.3 is 0 Å². The van der Waals surface area contributed by atoms with E-state index in [1.807, 2.05) is 66.9 Å². The summed E-state index contributed by atoms with van der Waals surface area (Å²) in [5.41, 5.74) is 1.99. The van der Waals surface area contributed by atoms with Gasteiger partial charge in [-0.25, -0.2) is 0 Å². The average molecular weight is 421 g/mol. The molecule has 0 saturated carbocycles. The summed E-state index contributed by atoms with van der Waals surface area (Å²) in [7, 11) is 0. The van der Waals surface area contributed by atoms with Crippen LogP contribution in [-0.2, 0) is 6.61 Å². The monoisotopic (exact) mass is 421 g/mol. The van der Waals surface area contributed by atoms with Gasteiger partial charge in [-0.3, -0.25) is 0 Å². The van der Waals surface area contributed by atoms with Crippen LogP contribution in [0.5, 0.6) is 17.2 Å². The van der Waals surface area contributed by atoms with Gasteiger partial charge in [0.25, 0.3) is 0 Å². The van der Waals surface area contributed by atoms with Crippen molar-refractivity contribution in [2.45, 2.75) is 19.6 Å². The molecule has 30 heavy (non-hydrogen) atoms. The first-order valence-electron chi connectivity index (χ1n) is 9.50. The summed E-state index contributed by atoms with van der Waals surface area (Å²) in [5, 5.41) is 9.47. The number of nitrogens with zero attached hydrogens (tertiary/aromatic N) is 2. The third kappa shape index (κ3) is 3.95. The highest BCUT2D eigenvalue weighted by Gasteiger charge is 2.16. The first-order valence-corrected chi connectivity index (χ1v) is 10.4. The molecule has 2 aromatic heterocycles. The normalized spacial score (nSPS) is 13.2. The molecule has 0 spiro atoms. The molecule has 0 fully saturated rings. The highest BCUT2D eigenvalue weighted by molar-refractivity contribution is 7.13. The van der Waals surface area contributed by atoms with Gasteiger partial charge in [-0.1, -0.05) is 23.4 Å². The van der Waals surface area contributed by atoms with Crippen LogP contribution in [0.3, 0.4) is 0 Å². The van der Waals surface area contributed by atoms with Gasteiger partial charge in [0.2, 0.25) is 18.5 Å². The van der Waals surface area contributed by atoms with E-state index in [0.29, 0.717) is 24.1 Å². The largest absolute Gasteiger partial charge is 0.489 e. The van der Waals surface area contributed by atoms with Crippen LogP contribution >= 0.6 is 11.3 Å². The molecule has 152 valence electrons. The lowest BCUT2D eigenvalue weighted by atomic mass is 10.2. The zero-order chi connectivity index (χ0) is 20.3. The zero-order valence-electron chi connectivity index (χ0n) is 16.2. The van der Waals surface area contributed by atoms with Crippen LogP contribution in [0.25, 0.3) is 10.7 Å². The number of anilines is 1. The van der Waals surface area contributed by atoms with Gasteiger partial charge in [0.15, 0.2) is 11.5 Å². The molecule has 5 rings (SSSR count). The van der Waals surface area contributed by atoms with Crippen molar-refractivity contribution in [1.29, 1.82) is 0 Å². The smallest absolute Gasteiger partial charge is 0.249 e. The Hall–Kier alpha value is -3.52. The van der Waals surface area contributed by atoms with Crippen molar-refractivity contribution in [2.75, 3.05) is 12.1 Å². The van der Waals surface area contributed by atoms with Gasteiger partial charge in [0.1, 0.15) is 18.4 Å².